The summed E-state index contributed by atoms with van der Waals surface area (Å²) in [6.07, 6.45) is 3.14. The van der Waals surface area contributed by atoms with E-state index >= 15 is 0 Å². The number of carbonyl (C=O) groups excluding carboxylic acids is 1. The van der Waals surface area contributed by atoms with Gasteiger partial charge in [-0.2, -0.15) is 0 Å². The van der Waals surface area contributed by atoms with Crippen LogP contribution in [0.2, 0.25) is 0 Å². The van der Waals surface area contributed by atoms with Crippen molar-refractivity contribution in [1.29, 1.82) is 0 Å². The number of halogens is 1. The first-order chi connectivity index (χ1) is 9.99. The van der Waals surface area contributed by atoms with E-state index in [0.717, 1.165) is 43.6 Å². The van der Waals surface area contributed by atoms with E-state index in [1.807, 2.05) is 11.8 Å². The monoisotopic (exact) mass is 311 g/mol. The lowest BCUT2D eigenvalue weighted by atomic mass is 10.0. The highest BCUT2D eigenvalue weighted by molar-refractivity contribution is 8.00. The highest BCUT2D eigenvalue weighted by Gasteiger charge is 2.23. The number of hydrogen-bond acceptors (Lipinski definition) is 3. The van der Waals surface area contributed by atoms with Crippen LogP contribution in [-0.2, 0) is 4.79 Å². The van der Waals surface area contributed by atoms with Gasteiger partial charge in [0.05, 0.1) is 11.3 Å². The zero-order valence-corrected chi connectivity index (χ0v) is 12.7. The number of carboxylic acid groups (broad SMARTS) is 1. The van der Waals surface area contributed by atoms with Crippen molar-refractivity contribution in [2.75, 3.05) is 12.3 Å². The maximum absolute atomic E-state index is 13.7. The molecule has 0 radical (unpaired) electrons. The van der Waals surface area contributed by atoms with Crippen molar-refractivity contribution in [1.82, 2.24) is 4.90 Å². The van der Waals surface area contributed by atoms with Gasteiger partial charge in [-0.3, -0.25) is 4.79 Å². The second kappa shape index (κ2) is 6.93. The first-order valence-electron chi connectivity index (χ1n) is 6.94. The van der Waals surface area contributed by atoms with Crippen LogP contribution in [0.15, 0.2) is 23.1 Å². The van der Waals surface area contributed by atoms with Gasteiger partial charge >= 0.3 is 5.97 Å². The van der Waals surface area contributed by atoms with E-state index in [2.05, 4.69) is 0 Å². The molecule has 6 heteroatoms. The van der Waals surface area contributed by atoms with Crippen LogP contribution < -0.4 is 0 Å². The van der Waals surface area contributed by atoms with Gasteiger partial charge in [0.2, 0.25) is 5.91 Å². The van der Waals surface area contributed by atoms with Gasteiger partial charge < -0.3 is 10.0 Å². The SMILES string of the molecule is CC1CCCCN1C(=O)CSc1cc(C(=O)O)ccc1F. The van der Waals surface area contributed by atoms with E-state index in [1.54, 1.807) is 0 Å². The summed E-state index contributed by atoms with van der Waals surface area (Å²) in [6, 6.07) is 3.84. The molecule has 21 heavy (non-hydrogen) atoms. The average Bonchev–Trinajstić information content (AvgIpc) is 2.46. The quantitative estimate of drug-likeness (QED) is 0.868. The molecule has 1 N–H and O–H groups in total. The predicted octanol–water partition coefficient (Wildman–Crippen LogP) is 3.02. The van der Waals surface area contributed by atoms with Crippen molar-refractivity contribution in [2.45, 2.75) is 37.1 Å². The van der Waals surface area contributed by atoms with Crippen LogP contribution >= 0.6 is 11.8 Å². The topological polar surface area (TPSA) is 57.6 Å². The summed E-state index contributed by atoms with van der Waals surface area (Å²) >= 11 is 1.05. The summed E-state index contributed by atoms with van der Waals surface area (Å²) in [5.41, 5.74) is 0.0256. The molecule has 1 aromatic rings. The number of hydrogen-bond donors (Lipinski definition) is 1. The molecule has 1 amide bonds. The van der Waals surface area contributed by atoms with Gasteiger partial charge in [0.1, 0.15) is 5.82 Å². The summed E-state index contributed by atoms with van der Waals surface area (Å²) in [5, 5.41) is 8.91. The van der Waals surface area contributed by atoms with E-state index in [1.165, 1.54) is 12.1 Å². The van der Waals surface area contributed by atoms with E-state index in [-0.39, 0.29) is 28.2 Å². The van der Waals surface area contributed by atoms with Gasteiger partial charge in [0.15, 0.2) is 0 Å². The lowest BCUT2D eigenvalue weighted by Crippen LogP contribution is -2.42. The van der Waals surface area contributed by atoms with Gasteiger partial charge in [0.25, 0.3) is 0 Å². The maximum Gasteiger partial charge on any atom is 0.335 e. The predicted molar refractivity (Wildman–Crippen MR) is 79.1 cm³/mol. The normalized spacial score (nSPS) is 18.6. The summed E-state index contributed by atoms with van der Waals surface area (Å²) in [4.78, 5) is 25.1. The molecular weight excluding hydrogens is 293 g/mol. The Kier molecular flexibility index (Phi) is 5.22. The largest absolute Gasteiger partial charge is 0.478 e. The second-order valence-electron chi connectivity index (χ2n) is 5.17. The minimum atomic E-state index is -1.10. The highest BCUT2D eigenvalue weighted by Crippen LogP contribution is 2.25. The van der Waals surface area contributed by atoms with Crippen LogP contribution in [0.3, 0.4) is 0 Å². The lowest BCUT2D eigenvalue weighted by molar-refractivity contribution is -0.131. The van der Waals surface area contributed by atoms with E-state index in [9.17, 15) is 14.0 Å². The summed E-state index contributed by atoms with van der Waals surface area (Å²) in [6.45, 7) is 2.77. The van der Waals surface area contributed by atoms with Gasteiger partial charge in [-0.1, -0.05) is 0 Å². The van der Waals surface area contributed by atoms with Crippen LogP contribution in [-0.4, -0.2) is 40.2 Å². The average molecular weight is 311 g/mol. The van der Waals surface area contributed by atoms with Crippen molar-refractivity contribution < 1.29 is 19.1 Å². The molecule has 1 aliphatic heterocycles. The number of benzene rings is 1. The molecule has 0 aliphatic carbocycles. The fourth-order valence-electron chi connectivity index (χ4n) is 2.44. The fourth-order valence-corrected chi connectivity index (χ4v) is 3.30. The molecule has 1 saturated heterocycles. The Morgan fingerprint density at radius 2 is 2.19 bits per heavy atom. The lowest BCUT2D eigenvalue weighted by Gasteiger charge is -2.33. The smallest absolute Gasteiger partial charge is 0.335 e. The molecule has 0 spiro atoms. The van der Waals surface area contributed by atoms with E-state index in [0.29, 0.717) is 0 Å². The number of nitrogens with zero attached hydrogens (tertiary/aromatic N) is 1. The maximum atomic E-state index is 13.7. The summed E-state index contributed by atoms with van der Waals surface area (Å²) < 4.78 is 13.7. The molecule has 1 heterocycles. The molecule has 1 fully saturated rings. The van der Waals surface area contributed by atoms with Crippen LogP contribution in [0.1, 0.15) is 36.5 Å². The number of carboxylic acids is 1. The molecule has 4 nitrogen and oxygen atoms in total. The molecular formula is C15H18FNO3S. The van der Waals surface area contributed by atoms with Crippen molar-refractivity contribution in [2.24, 2.45) is 0 Å². The molecule has 0 bridgehead atoms. The Balaban J connectivity index is 2.00. The Bertz CT molecular complexity index is 550. The van der Waals surface area contributed by atoms with Crippen LogP contribution in [0.4, 0.5) is 4.39 Å². The first kappa shape index (κ1) is 15.8. The van der Waals surface area contributed by atoms with Crippen LogP contribution in [0.5, 0.6) is 0 Å². The molecule has 2 rings (SSSR count). The Hall–Kier alpha value is -1.56. The van der Waals surface area contributed by atoms with E-state index in [4.69, 9.17) is 5.11 Å². The van der Waals surface area contributed by atoms with Crippen LogP contribution in [0, 0.1) is 5.82 Å². The molecule has 0 aromatic heterocycles. The number of likely N-dealkylation sites (tertiary alicyclic amines) is 1. The number of thioether (sulfide) groups is 1. The number of rotatable bonds is 4. The molecule has 1 unspecified atom stereocenters. The molecule has 1 aliphatic rings. The fraction of sp³-hybridized carbons (Fsp3) is 0.467. The molecule has 0 saturated carbocycles. The van der Waals surface area contributed by atoms with Crippen molar-refractivity contribution >= 4 is 23.6 Å². The summed E-state index contributed by atoms with van der Waals surface area (Å²) in [5.74, 6) is -1.49. The third kappa shape index (κ3) is 3.97. The van der Waals surface area contributed by atoms with Crippen LogP contribution in [0.25, 0.3) is 0 Å². The molecule has 1 aromatic carbocycles. The number of piperidine rings is 1. The van der Waals surface area contributed by atoms with Crippen molar-refractivity contribution in [3.05, 3.63) is 29.6 Å². The highest BCUT2D eigenvalue weighted by atomic mass is 32.2. The zero-order chi connectivity index (χ0) is 15.4. The standard InChI is InChI=1S/C15H18FNO3S/c1-10-4-2-3-7-17(10)14(18)9-21-13-8-11(15(19)20)5-6-12(13)16/h5-6,8,10H,2-4,7,9H2,1H3,(H,19,20). The van der Waals surface area contributed by atoms with Gasteiger partial charge in [-0.05, 0) is 44.4 Å². The number of amides is 1. The van der Waals surface area contributed by atoms with Crippen molar-refractivity contribution in [3.8, 4) is 0 Å². The summed E-state index contributed by atoms with van der Waals surface area (Å²) in [7, 11) is 0. The number of carbonyl (C=O) groups is 2. The Morgan fingerprint density at radius 3 is 2.86 bits per heavy atom. The Labute approximate surface area is 127 Å². The number of aromatic carboxylic acids is 1. The third-order valence-corrected chi connectivity index (χ3v) is 4.67. The minimum absolute atomic E-state index is 0.0210. The van der Waals surface area contributed by atoms with Gasteiger partial charge in [0, 0.05) is 17.5 Å². The molecule has 1 atom stereocenters. The third-order valence-electron chi connectivity index (χ3n) is 3.65. The van der Waals surface area contributed by atoms with E-state index < -0.39 is 11.8 Å². The minimum Gasteiger partial charge on any atom is -0.478 e. The molecule has 114 valence electrons. The Morgan fingerprint density at radius 1 is 1.43 bits per heavy atom. The zero-order valence-electron chi connectivity index (χ0n) is 11.8. The second-order valence-corrected chi connectivity index (χ2v) is 6.19. The van der Waals surface area contributed by atoms with Gasteiger partial charge in [-0.15, -0.1) is 11.8 Å². The van der Waals surface area contributed by atoms with Gasteiger partial charge in [-0.25, -0.2) is 9.18 Å². The van der Waals surface area contributed by atoms with Crippen molar-refractivity contribution in [3.63, 3.8) is 0 Å². The first-order valence-corrected chi connectivity index (χ1v) is 7.92.